The predicted molar refractivity (Wildman–Crippen MR) is 58.7 cm³/mol. The summed E-state index contributed by atoms with van der Waals surface area (Å²) in [5, 5.41) is 3.42. The molecule has 2 unspecified atom stereocenters. The highest BCUT2D eigenvalue weighted by Crippen LogP contribution is 2.25. The second-order valence-electron chi connectivity index (χ2n) is 4.26. The van der Waals surface area contributed by atoms with Gasteiger partial charge in [0.05, 0.1) is 0 Å². The molecule has 2 heterocycles. The van der Waals surface area contributed by atoms with Crippen molar-refractivity contribution in [3.63, 3.8) is 0 Å². The van der Waals surface area contributed by atoms with Crippen molar-refractivity contribution in [3.8, 4) is 0 Å². The fourth-order valence-electron chi connectivity index (χ4n) is 2.51. The molecule has 2 N–H and O–H groups in total. The number of hydrogen-bond donors (Lipinski definition) is 2. The van der Waals surface area contributed by atoms with Crippen LogP contribution in [0.1, 0.15) is 19.8 Å². The van der Waals surface area contributed by atoms with Crippen molar-refractivity contribution < 1.29 is 8.42 Å². The Hall–Kier alpha value is -0.170. The Morgan fingerprint density at radius 1 is 1.47 bits per heavy atom. The first-order valence-electron chi connectivity index (χ1n) is 5.61. The van der Waals surface area contributed by atoms with Crippen LogP contribution in [0.3, 0.4) is 0 Å². The van der Waals surface area contributed by atoms with Gasteiger partial charge < -0.3 is 5.32 Å². The van der Waals surface area contributed by atoms with Gasteiger partial charge in [-0.2, -0.15) is 12.7 Å². The van der Waals surface area contributed by atoms with Crippen molar-refractivity contribution in [2.24, 2.45) is 5.92 Å². The molecule has 15 heavy (non-hydrogen) atoms. The molecule has 0 radical (unpaired) electrons. The van der Waals surface area contributed by atoms with Crippen molar-refractivity contribution in [1.29, 1.82) is 0 Å². The van der Waals surface area contributed by atoms with Crippen LogP contribution in [-0.4, -0.2) is 44.9 Å². The van der Waals surface area contributed by atoms with Gasteiger partial charge in [-0.3, -0.25) is 0 Å². The Morgan fingerprint density at radius 3 is 3.00 bits per heavy atom. The van der Waals surface area contributed by atoms with Gasteiger partial charge in [0.15, 0.2) is 0 Å². The monoisotopic (exact) mass is 233 g/mol. The summed E-state index contributed by atoms with van der Waals surface area (Å²) < 4.78 is 27.7. The van der Waals surface area contributed by atoms with E-state index in [0.29, 0.717) is 31.6 Å². The van der Waals surface area contributed by atoms with E-state index < -0.39 is 10.2 Å². The Balaban J connectivity index is 2.00. The summed E-state index contributed by atoms with van der Waals surface area (Å²) in [4.78, 5) is 0. The van der Waals surface area contributed by atoms with Crippen molar-refractivity contribution in [1.82, 2.24) is 14.3 Å². The molecule has 6 heteroatoms. The third kappa shape index (κ3) is 2.33. The van der Waals surface area contributed by atoms with Gasteiger partial charge in [0.1, 0.15) is 0 Å². The summed E-state index contributed by atoms with van der Waals surface area (Å²) in [6.07, 6.45) is 2.04. The minimum atomic E-state index is -3.22. The van der Waals surface area contributed by atoms with Crippen molar-refractivity contribution in [3.05, 3.63) is 0 Å². The normalized spacial score (nSPS) is 32.9. The third-order valence-corrected chi connectivity index (χ3v) is 4.95. The Bertz CT molecular complexity index is 317. The maximum Gasteiger partial charge on any atom is 0.279 e. The highest BCUT2D eigenvalue weighted by atomic mass is 32.2. The van der Waals surface area contributed by atoms with Crippen LogP contribution >= 0.6 is 0 Å². The summed E-state index contributed by atoms with van der Waals surface area (Å²) in [6, 6.07) is 0.540. The van der Waals surface area contributed by atoms with Gasteiger partial charge in [0.25, 0.3) is 10.2 Å². The highest BCUT2D eigenvalue weighted by Gasteiger charge is 2.36. The zero-order valence-corrected chi connectivity index (χ0v) is 9.89. The second-order valence-corrected chi connectivity index (χ2v) is 6.01. The molecule has 0 saturated carbocycles. The molecule has 88 valence electrons. The highest BCUT2D eigenvalue weighted by molar-refractivity contribution is 7.87. The van der Waals surface area contributed by atoms with E-state index in [4.69, 9.17) is 0 Å². The fraction of sp³-hybridized carbons (Fsp3) is 1.00. The summed E-state index contributed by atoms with van der Waals surface area (Å²) in [5.74, 6) is 0.507. The van der Waals surface area contributed by atoms with Crippen LogP contribution in [0.5, 0.6) is 0 Å². The van der Waals surface area contributed by atoms with Crippen molar-refractivity contribution >= 4 is 10.2 Å². The zero-order valence-electron chi connectivity index (χ0n) is 9.07. The lowest BCUT2D eigenvalue weighted by Crippen LogP contribution is -2.50. The van der Waals surface area contributed by atoms with Crippen LogP contribution in [0, 0.1) is 5.92 Å². The number of piperidine rings is 1. The van der Waals surface area contributed by atoms with Crippen LogP contribution in [0.4, 0.5) is 0 Å². The Labute approximate surface area is 91.4 Å². The van der Waals surface area contributed by atoms with Gasteiger partial charge in [-0.1, -0.05) is 6.92 Å². The third-order valence-electron chi connectivity index (χ3n) is 3.28. The number of nitrogens with one attached hydrogen (secondary N) is 2. The SMILES string of the molecule is CCNS(=O)(=O)N1CCC2NCCC2C1. The minimum Gasteiger partial charge on any atom is -0.314 e. The number of hydrogen-bond acceptors (Lipinski definition) is 3. The van der Waals surface area contributed by atoms with Crippen LogP contribution in [0.25, 0.3) is 0 Å². The van der Waals surface area contributed by atoms with E-state index in [1.807, 2.05) is 0 Å². The topological polar surface area (TPSA) is 61.4 Å². The van der Waals surface area contributed by atoms with Crippen molar-refractivity contribution in [2.45, 2.75) is 25.8 Å². The lowest BCUT2D eigenvalue weighted by molar-refractivity contribution is 0.245. The van der Waals surface area contributed by atoms with Crippen LogP contribution < -0.4 is 10.0 Å². The van der Waals surface area contributed by atoms with E-state index in [1.165, 1.54) is 0 Å². The van der Waals surface area contributed by atoms with E-state index >= 15 is 0 Å². The molecule has 2 rings (SSSR count). The maximum atomic E-state index is 11.8. The average molecular weight is 233 g/mol. The molecule has 0 aromatic carbocycles. The number of nitrogens with zero attached hydrogens (tertiary/aromatic N) is 1. The van der Waals surface area contributed by atoms with Gasteiger partial charge in [0.2, 0.25) is 0 Å². The Morgan fingerprint density at radius 2 is 2.27 bits per heavy atom. The Kier molecular flexibility index (Phi) is 3.30. The molecule has 2 atom stereocenters. The van der Waals surface area contributed by atoms with Crippen molar-refractivity contribution in [2.75, 3.05) is 26.2 Å². The summed E-state index contributed by atoms with van der Waals surface area (Å²) >= 11 is 0. The molecule has 2 saturated heterocycles. The van der Waals surface area contributed by atoms with Gasteiger partial charge in [-0.15, -0.1) is 0 Å². The molecule has 2 fully saturated rings. The average Bonchev–Trinajstić information content (AvgIpc) is 2.63. The van der Waals surface area contributed by atoms with Crippen LogP contribution in [-0.2, 0) is 10.2 Å². The second kappa shape index (κ2) is 4.37. The molecule has 2 aliphatic heterocycles. The lowest BCUT2D eigenvalue weighted by atomic mass is 9.95. The first-order valence-corrected chi connectivity index (χ1v) is 7.05. The minimum absolute atomic E-state index is 0.463. The molecule has 5 nitrogen and oxygen atoms in total. The van der Waals surface area contributed by atoms with E-state index in [0.717, 1.165) is 19.4 Å². The quantitative estimate of drug-likeness (QED) is 0.692. The summed E-state index contributed by atoms with van der Waals surface area (Å²) in [5.41, 5.74) is 0. The molecule has 0 amide bonds. The molecular formula is C9H19N3O2S. The van der Waals surface area contributed by atoms with E-state index in [9.17, 15) is 8.42 Å². The van der Waals surface area contributed by atoms with Gasteiger partial charge >= 0.3 is 0 Å². The molecule has 0 aromatic heterocycles. The van der Waals surface area contributed by atoms with E-state index in [2.05, 4.69) is 10.0 Å². The first-order chi connectivity index (χ1) is 7.13. The number of fused-ring (bicyclic) bond motifs is 1. The zero-order chi connectivity index (χ0) is 10.9. The smallest absolute Gasteiger partial charge is 0.279 e. The summed E-state index contributed by atoms with van der Waals surface area (Å²) in [7, 11) is -3.22. The van der Waals surface area contributed by atoms with Crippen LogP contribution in [0.2, 0.25) is 0 Å². The molecule has 0 aromatic rings. The van der Waals surface area contributed by atoms with Gasteiger partial charge in [-0.05, 0) is 25.3 Å². The molecule has 0 bridgehead atoms. The van der Waals surface area contributed by atoms with E-state index in [1.54, 1.807) is 11.2 Å². The predicted octanol–water partition coefficient (Wildman–Crippen LogP) is -0.475. The molecule has 0 spiro atoms. The molecule has 2 aliphatic rings. The van der Waals surface area contributed by atoms with Gasteiger partial charge in [0, 0.05) is 25.7 Å². The lowest BCUT2D eigenvalue weighted by Gasteiger charge is -2.33. The largest absolute Gasteiger partial charge is 0.314 e. The number of rotatable bonds is 3. The standard InChI is InChI=1S/C9H19N3O2S/c1-2-11-15(13,14)12-6-4-9-8(7-12)3-5-10-9/h8-11H,2-7H2,1H3. The fourth-order valence-corrected chi connectivity index (χ4v) is 3.79. The van der Waals surface area contributed by atoms with E-state index in [-0.39, 0.29) is 0 Å². The first kappa shape index (κ1) is 11.3. The molecule has 0 aliphatic carbocycles. The summed E-state index contributed by atoms with van der Waals surface area (Å²) in [6.45, 7) is 4.62. The van der Waals surface area contributed by atoms with Crippen LogP contribution in [0.15, 0.2) is 0 Å². The van der Waals surface area contributed by atoms with Gasteiger partial charge in [-0.25, -0.2) is 4.72 Å². The molecular weight excluding hydrogens is 214 g/mol. The maximum absolute atomic E-state index is 11.8.